The minimum absolute atomic E-state index is 0.0861. The van der Waals surface area contributed by atoms with Gasteiger partial charge in [-0.3, -0.25) is 0 Å². The zero-order valence-corrected chi connectivity index (χ0v) is 11.6. The summed E-state index contributed by atoms with van der Waals surface area (Å²) in [7, 11) is 1.50. The lowest BCUT2D eigenvalue weighted by molar-refractivity contribution is 0.371. The van der Waals surface area contributed by atoms with Gasteiger partial charge in [0.1, 0.15) is 6.07 Å². The summed E-state index contributed by atoms with van der Waals surface area (Å²) < 4.78 is 5.05. The summed E-state index contributed by atoms with van der Waals surface area (Å²) >= 11 is 5.92. The minimum atomic E-state index is 0.0861. The SMILES string of the molecule is COc1cccc(CNc2cc(Cl)ccc2C#N)c1O. The number of halogens is 1. The van der Waals surface area contributed by atoms with Gasteiger partial charge in [-0.25, -0.2) is 0 Å². The molecule has 0 bridgehead atoms. The highest BCUT2D eigenvalue weighted by Crippen LogP contribution is 2.30. The molecule has 0 saturated carbocycles. The summed E-state index contributed by atoms with van der Waals surface area (Å²) in [5.74, 6) is 0.499. The van der Waals surface area contributed by atoms with E-state index in [1.54, 1.807) is 36.4 Å². The molecule has 0 amide bonds. The third kappa shape index (κ3) is 2.95. The van der Waals surface area contributed by atoms with Crippen molar-refractivity contribution in [2.75, 3.05) is 12.4 Å². The van der Waals surface area contributed by atoms with Crippen LogP contribution in [0.5, 0.6) is 11.5 Å². The van der Waals surface area contributed by atoms with Crippen molar-refractivity contribution in [1.29, 1.82) is 5.26 Å². The van der Waals surface area contributed by atoms with E-state index < -0.39 is 0 Å². The lowest BCUT2D eigenvalue weighted by atomic mass is 10.1. The van der Waals surface area contributed by atoms with Crippen molar-refractivity contribution >= 4 is 17.3 Å². The average Bonchev–Trinajstić information content (AvgIpc) is 2.46. The number of phenols is 1. The predicted octanol–water partition coefficient (Wildman–Crippen LogP) is 3.54. The molecular weight excluding hydrogens is 276 g/mol. The Hall–Kier alpha value is -2.38. The summed E-state index contributed by atoms with van der Waals surface area (Å²) in [5.41, 5.74) is 1.80. The van der Waals surface area contributed by atoms with E-state index in [1.165, 1.54) is 7.11 Å². The summed E-state index contributed by atoms with van der Waals surface area (Å²) in [4.78, 5) is 0. The number of phenolic OH excluding ortho intramolecular Hbond substituents is 1. The number of benzene rings is 2. The zero-order chi connectivity index (χ0) is 14.5. The van der Waals surface area contributed by atoms with Gasteiger partial charge in [0, 0.05) is 17.1 Å². The summed E-state index contributed by atoms with van der Waals surface area (Å²) in [6.45, 7) is 0.359. The number of anilines is 1. The predicted molar refractivity (Wildman–Crippen MR) is 78.2 cm³/mol. The number of aromatic hydroxyl groups is 1. The Kier molecular flexibility index (Phi) is 4.34. The molecule has 102 valence electrons. The van der Waals surface area contributed by atoms with Crippen LogP contribution in [0, 0.1) is 11.3 Å². The third-order valence-electron chi connectivity index (χ3n) is 2.87. The standard InChI is InChI=1S/C15H13ClN2O2/c1-20-14-4-2-3-11(15(14)19)9-18-13-7-12(16)6-5-10(13)8-17/h2-7,18-19H,9H2,1H3. The van der Waals surface area contributed by atoms with E-state index in [1.807, 2.05) is 0 Å². The maximum absolute atomic E-state index is 9.99. The molecule has 0 aliphatic carbocycles. The van der Waals surface area contributed by atoms with Crippen LogP contribution in [0.4, 0.5) is 5.69 Å². The third-order valence-corrected chi connectivity index (χ3v) is 3.11. The number of para-hydroxylation sites is 1. The maximum Gasteiger partial charge on any atom is 0.162 e. The molecule has 0 heterocycles. The fourth-order valence-electron chi connectivity index (χ4n) is 1.83. The van der Waals surface area contributed by atoms with Crippen LogP contribution in [0.2, 0.25) is 5.02 Å². The molecule has 0 atom stereocenters. The van der Waals surface area contributed by atoms with Gasteiger partial charge in [0.25, 0.3) is 0 Å². The lowest BCUT2D eigenvalue weighted by Crippen LogP contribution is -2.02. The second kappa shape index (κ2) is 6.18. The van der Waals surface area contributed by atoms with Gasteiger partial charge >= 0.3 is 0 Å². The van der Waals surface area contributed by atoms with E-state index in [-0.39, 0.29) is 5.75 Å². The summed E-state index contributed by atoms with van der Waals surface area (Å²) in [6.07, 6.45) is 0. The van der Waals surface area contributed by atoms with E-state index >= 15 is 0 Å². The number of rotatable bonds is 4. The lowest BCUT2D eigenvalue weighted by Gasteiger charge is -2.11. The molecule has 0 spiro atoms. The van der Waals surface area contributed by atoms with Crippen LogP contribution < -0.4 is 10.1 Å². The highest BCUT2D eigenvalue weighted by Gasteiger charge is 2.08. The van der Waals surface area contributed by atoms with E-state index in [2.05, 4.69) is 11.4 Å². The monoisotopic (exact) mass is 288 g/mol. The molecule has 4 nitrogen and oxygen atoms in total. The normalized spacial score (nSPS) is 9.85. The molecule has 0 aliphatic rings. The number of hydrogen-bond donors (Lipinski definition) is 2. The van der Waals surface area contributed by atoms with Gasteiger partial charge in [0.2, 0.25) is 0 Å². The first kappa shape index (κ1) is 14.0. The second-order valence-electron chi connectivity index (χ2n) is 4.12. The molecule has 0 saturated heterocycles. The molecule has 2 rings (SSSR count). The Bertz CT molecular complexity index is 665. The van der Waals surface area contributed by atoms with Crippen molar-refractivity contribution in [2.45, 2.75) is 6.54 Å². The van der Waals surface area contributed by atoms with Gasteiger partial charge in [0.05, 0.1) is 18.4 Å². The molecule has 0 aromatic heterocycles. The maximum atomic E-state index is 9.99. The van der Waals surface area contributed by atoms with Crippen molar-refractivity contribution < 1.29 is 9.84 Å². The van der Waals surface area contributed by atoms with Crippen molar-refractivity contribution in [3.05, 3.63) is 52.5 Å². The molecule has 0 unspecified atom stereocenters. The Morgan fingerprint density at radius 1 is 1.35 bits per heavy atom. The smallest absolute Gasteiger partial charge is 0.162 e. The molecule has 20 heavy (non-hydrogen) atoms. The number of nitriles is 1. The van der Waals surface area contributed by atoms with E-state index in [4.69, 9.17) is 21.6 Å². The molecule has 2 aromatic rings. The van der Waals surface area contributed by atoms with Crippen LogP contribution in [0.1, 0.15) is 11.1 Å². The second-order valence-corrected chi connectivity index (χ2v) is 4.56. The summed E-state index contributed by atoms with van der Waals surface area (Å²) in [5, 5.41) is 22.7. The topological polar surface area (TPSA) is 65.3 Å². The Morgan fingerprint density at radius 3 is 2.85 bits per heavy atom. The molecule has 0 fully saturated rings. The first-order valence-corrected chi connectivity index (χ1v) is 6.32. The van der Waals surface area contributed by atoms with Crippen molar-refractivity contribution in [1.82, 2.24) is 0 Å². The van der Waals surface area contributed by atoms with Crippen LogP contribution in [-0.2, 0) is 6.54 Å². The molecule has 0 radical (unpaired) electrons. The first-order chi connectivity index (χ1) is 9.65. The first-order valence-electron chi connectivity index (χ1n) is 5.94. The van der Waals surface area contributed by atoms with E-state index in [0.717, 1.165) is 0 Å². The Balaban J connectivity index is 2.21. The largest absolute Gasteiger partial charge is 0.504 e. The van der Waals surface area contributed by atoms with Gasteiger partial charge < -0.3 is 15.2 Å². The summed E-state index contributed by atoms with van der Waals surface area (Å²) in [6, 6.07) is 12.3. The van der Waals surface area contributed by atoms with Crippen molar-refractivity contribution in [3.8, 4) is 17.6 Å². The quantitative estimate of drug-likeness (QED) is 0.903. The minimum Gasteiger partial charge on any atom is -0.504 e. The van der Waals surface area contributed by atoms with Crippen LogP contribution >= 0.6 is 11.6 Å². The van der Waals surface area contributed by atoms with Crippen molar-refractivity contribution in [3.63, 3.8) is 0 Å². The molecule has 5 heteroatoms. The Morgan fingerprint density at radius 2 is 2.15 bits per heavy atom. The zero-order valence-electron chi connectivity index (χ0n) is 10.9. The van der Waals surface area contributed by atoms with Gasteiger partial charge in [-0.15, -0.1) is 0 Å². The number of ether oxygens (including phenoxy) is 1. The fraction of sp³-hybridized carbons (Fsp3) is 0.133. The molecule has 2 N–H and O–H groups in total. The van der Waals surface area contributed by atoms with Gasteiger partial charge in [-0.05, 0) is 24.3 Å². The number of hydrogen-bond acceptors (Lipinski definition) is 4. The molecular formula is C15H13ClN2O2. The van der Waals surface area contributed by atoms with E-state index in [9.17, 15) is 5.11 Å². The van der Waals surface area contributed by atoms with E-state index in [0.29, 0.717) is 34.1 Å². The molecule has 2 aromatic carbocycles. The van der Waals surface area contributed by atoms with Gasteiger partial charge in [0.15, 0.2) is 11.5 Å². The van der Waals surface area contributed by atoms with Crippen LogP contribution in [0.15, 0.2) is 36.4 Å². The van der Waals surface area contributed by atoms with Crippen molar-refractivity contribution in [2.24, 2.45) is 0 Å². The van der Waals surface area contributed by atoms with Crippen LogP contribution in [0.25, 0.3) is 0 Å². The number of nitrogens with zero attached hydrogens (tertiary/aromatic N) is 1. The number of methoxy groups -OCH3 is 1. The van der Waals surface area contributed by atoms with Gasteiger partial charge in [-0.1, -0.05) is 23.7 Å². The van der Waals surface area contributed by atoms with Crippen LogP contribution in [0.3, 0.4) is 0 Å². The van der Waals surface area contributed by atoms with Gasteiger partial charge in [-0.2, -0.15) is 5.26 Å². The average molecular weight is 289 g/mol. The highest BCUT2D eigenvalue weighted by molar-refractivity contribution is 6.30. The highest BCUT2D eigenvalue weighted by atomic mass is 35.5. The Labute approximate surface area is 122 Å². The van der Waals surface area contributed by atoms with Crippen LogP contribution in [-0.4, -0.2) is 12.2 Å². The molecule has 0 aliphatic heterocycles. The number of nitrogens with one attached hydrogen (secondary N) is 1. The fourth-order valence-corrected chi connectivity index (χ4v) is 2.00.